The van der Waals surface area contributed by atoms with Gasteiger partial charge < -0.3 is 19.4 Å². The molecule has 5 heterocycles. The van der Waals surface area contributed by atoms with Crippen molar-refractivity contribution in [2.45, 2.75) is 37.9 Å². The normalized spacial score (nSPS) is 18.0. The Balaban J connectivity index is 1.14. The number of ether oxygens (including phenoxy) is 2. The summed E-state index contributed by atoms with van der Waals surface area (Å²) < 4.78 is 29.4. The minimum absolute atomic E-state index is 0.0391. The highest BCUT2D eigenvalue weighted by Gasteiger charge is 2.42. The van der Waals surface area contributed by atoms with E-state index in [9.17, 15) is 4.79 Å². The molecule has 0 bridgehead atoms. The van der Waals surface area contributed by atoms with Crippen molar-refractivity contribution in [2.75, 3.05) is 14.2 Å². The lowest BCUT2D eigenvalue weighted by Gasteiger charge is -2.33. The number of tetrazole rings is 1. The zero-order chi connectivity index (χ0) is 30.4. The number of hydrogen-bond donors (Lipinski definition) is 1. The molecule has 0 radical (unpaired) electrons. The van der Waals surface area contributed by atoms with E-state index >= 15 is 4.39 Å². The van der Waals surface area contributed by atoms with Crippen LogP contribution in [0.5, 0.6) is 11.6 Å². The first-order valence-electron chi connectivity index (χ1n) is 14.0. The van der Waals surface area contributed by atoms with Gasteiger partial charge in [-0.25, -0.2) is 9.37 Å². The average molecular weight is 616 g/mol. The number of nitrogens with zero attached hydrogens (tertiary/aromatic N) is 8. The Kier molecular flexibility index (Phi) is 7.09. The number of amides is 1. The minimum atomic E-state index is -0.612. The van der Waals surface area contributed by atoms with Gasteiger partial charge in [0.15, 0.2) is 5.82 Å². The van der Waals surface area contributed by atoms with E-state index < -0.39 is 5.82 Å². The Hall–Kier alpha value is -5.04. The maximum Gasteiger partial charge on any atom is 0.247 e. The van der Waals surface area contributed by atoms with Crippen molar-refractivity contribution in [3.8, 4) is 28.6 Å². The number of carbonyl (C=O) groups is 1. The highest BCUT2D eigenvalue weighted by Crippen LogP contribution is 2.44. The first-order chi connectivity index (χ1) is 21.4. The third-order valence-corrected chi connectivity index (χ3v) is 8.42. The van der Waals surface area contributed by atoms with E-state index in [0.29, 0.717) is 42.4 Å². The zero-order valence-electron chi connectivity index (χ0n) is 23.8. The number of H-pyrrole nitrogens is 1. The van der Waals surface area contributed by atoms with Crippen LogP contribution in [0.1, 0.15) is 42.3 Å². The number of rotatable bonds is 8. The largest absolute Gasteiger partial charge is 0.497 e. The van der Waals surface area contributed by atoms with E-state index in [1.165, 1.54) is 23.2 Å². The molecule has 7 rings (SSSR count). The number of imidazole rings is 1. The Labute approximate surface area is 256 Å². The zero-order valence-corrected chi connectivity index (χ0v) is 24.6. The summed E-state index contributed by atoms with van der Waals surface area (Å²) in [5.74, 6) is 1.08. The average Bonchev–Trinajstić information content (AvgIpc) is 3.85. The van der Waals surface area contributed by atoms with Gasteiger partial charge in [-0.1, -0.05) is 23.7 Å². The maximum atomic E-state index is 15.4. The molecule has 224 valence electrons. The van der Waals surface area contributed by atoms with Crippen LogP contribution in [0.3, 0.4) is 0 Å². The Morgan fingerprint density at radius 1 is 1.11 bits per heavy atom. The molecule has 1 amide bonds. The van der Waals surface area contributed by atoms with E-state index in [0.717, 1.165) is 29.0 Å². The van der Waals surface area contributed by atoms with Gasteiger partial charge in [-0.3, -0.25) is 9.48 Å². The summed E-state index contributed by atoms with van der Waals surface area (Å²) in [4.78, 5) is 23.5. The lowest BCUT2D eigenvalue weighted by molar-refractivity contribution is -0.129. The molecule has 2 atom stereocenters. The van der Waals surface area contributed by atoms with Crippen LogP contribution in [0.4, 0.5) is 4.39 Å². The summed E-state index contributed by atoms with van der Waals surface area (Å²) in [6.45, 7) is 0.547. The van der Waals surface area contributed by atoms with Gasteiger partial charge >= 0.3 is 0 Å². The highest BCUT2D eigenvalue weighted by atomic mass is 35.5. The Morgan fingerprint density at radius 2 is 1.95 bits per heavy atom. The molecule has 0 aliphatic carbocycles. The van der Waals surface area contributed by atoms with Gasteiger partial charge in [0, 0.05) is 23.9 Å². The van der Waals surface area contributed by atoms with Gasteiger partial charge in [0.25, 0.3) is 0 Å². The first kappa shape index (κ1) is 27.8. The number of hydrogen-bond acceptors (Lipinski definition) is 8. The molecule has 1 fully saturated rings. The van der Waals surface area contributed by atoms with Gasteiger partial charge in [0.1, 0.15) is 17.9 Å². The molecule has 44 heavy (non-hydrogen) atoms. The van der Waals surface area contributed by atoms with Crippen molar-refractivity contribution >= 4 is 23.1 Å². The van der Waals surface area contributed by atoms with Crippen molar-refractivity contribution in [3.05, 3.63) is 89.0 Å². The molecule has 5 aromatic rings. The van der Waals surface area contributed by atoms with Crippen LogP contribution < -0.4 is 9.47 Å². The molecule has 12 nitrogen and oxygen atoms in total. The minimum Gasteiger partial charge on any atom is -0.497 e. The first-order valence-corrected chi connectivity index (χ1v) is 14.4. The lowest BCUT2D eigenvalue weighted by atomic mass is 9.92. The van der Waals surface area contributed by atoms with Crippen LogP contribution in [-0.4, -0.2) is 71.0 Å². The summed E-state index contributed by atoms with van der Waals surface area (Å²) in [6.07, 6.45) is 8.38. The van der Waals surface area contributed by atoms with Gasteiger partial charge in [0.05, 0.1) is 55.0 Å². The number of aromatic amines is 1. The number of nitrogens with one attached hydrogen (secondary N) is 1. The Morgan fingerprint density at radius 3 is 2.70 bits per heavy atom. The van der Waals surface area contributed by atoms with E-state index in [2.05, 4.69) is 30.6 Å². The third-order valence-electron chi connectivity index (χ3n) is 8.13. The molecule has 2 aliphatic heterocycles. The summed E-state index contributed by atoms with van der Waals surface area (Å²) in [5, 5.41) is 15.8. The molecule has 1 saturated heterocycles. The predicted octanol–water partition coefficient (Wildman–Crippen LogP) is 4.63. The summed E-state index contributed by atoms with van der Waals surface area (Å²) >= 11 is 6.15. The molecule has 0 saturated carbocycles. The second-order valence-electron chi connectivity index (χ2n) is 10.7. The third kappa shape index (κ3) is 4.88. The molecule has 1 unspecified atom stereocenters. The van der Waals surface area contributed by atoms with Crippen molar-refractivity contribution < 1.29 is 18.7 Å². The molecule has 3 aromatic heterocycles. The van der Waals surface area contributed by atoms with Crippen molar-refractivity contribution in [1.82, 2.24) is 44.9 Å². The van der Waals surface area contributed by atoms with Crippen molar-refractivity contribution in [3.63, 3.8) is 0 Å². The van der Waals surface area contributed by atoms with Gasteiger partial charge in [-0.15, -0.1) is 10.2 Å². The SMILES string of the molecule is COc1ccc(Cn2cc(-c3cnc([C@@H]4CCC5CC(c6c(-n7cnnn7)ccc(Cl)c6F)=CC(=O)N54)[nH]3)c(OC)n2)cc1. The second-order valence-corrected chi connectivity index (χ2v) is 11.1. The number of carbonyl (C=O) groups excluding carboxylic acids is 1. The standard InChI is InChI=1S/C30H27ClFN9O3/c1-43-20-6-3-17(4-7-20)14-39-15-21(30(36-39)44-2)23-13-33-29(35-23)25-9-5-19-11-18(12-26(42)41(19)25)27-24(40-16-34-37-38-40)10-8-22(31)28(27)32/h3-4,6-8,10,12-13,15-16,19,25H,5,9,11,14H2,1-2H3,(H,33,35)/t19?,25-/m0/s1. The molecular weight excluding hydrogens is 589 g/mol. The number of methoxy groups -OCH3 is 2. The topological polar surface area (TPSA) is 129 Å². The number of benzene rings is 2. The van der Waals surface area contributed by atoms with Crippen LogP contribution in [-0.2, 0) is 11.3 Å². The van der Waals surface area contributed by atoms with Gasteiger partial charge in [-0.05, 0) is 65.1 Å². The smallest absolute Gasteiger partial charge is 0.247 e. The van der Waals surface area contributed by atoms with Crippen LogP contribution in [0.2, 0.25) is 5.02 Å². The van der Waals surface area contributed by atoms with E-state index in [1.807, 2.05) is 35.4 Å². The Bertz CT molecular complexity index is 1870. The molecule has 14 heteroatoms. The second kappa shape index (κ2) is 11.2. The van der Waals surface area contributed by atoms with Gasteiger partial charge in [-0.2, -0.15) is 4.68 Å². The van der Waals surface area contributed by atoms with Crippen molar-refractivity contribution in [1.29, 1.82) is 0 Å². The number of aromatic nitrogens is 8. The highest BCUT2D eigenvalue weighted by molar-refractivity contribution is 6.31. The van der Waals surface area contributed by atoms with E-state index in [1.54, 1.807) is 31.2 Å². The molecule has 2 aliphatic rings. The summed E-state index contributed by atoms with van der Waals surface area (Å²) in [7, 11) is 3.21. The van der Waals surface area contributed by atoms with Crippen LogP contribution in [0.25, 0.3) is 22.5 Å². The lowest BCUT2D eigenvalue weighted by Crippen LogP contribution is -2.39. The quantitative estimate of drug-likeness (QED) is 0.268. The van der Waals surface area contributed by atoms with Crippen molar-refractivity contribution in [2.24, 2.45) is 0 Å². The summed E-state index contributed by atoms with van der Waals surface area (Å²) in [6, 6.07) is 10.5. The predicted molar refractivity (Wildman–Crippen MR) is 158 cm³/mol. The fourth-order valence-corrected chi connectivity index (χ4v) is 6.24. The molecular formula is C30H27ClFN9O3. The van der Waals surface area contributed by atoms with Gasteiger partial charge in [0.2, 0.25) is 11.8 Å². The van der Waals surface area contributed by atoms with Crippen LogP contribution in [0, 0.1) is 5.82 Å². The number of fused-ring (bicyclic) bond motifs is 1. The fraction of sp³-hybridized carbons (Fsp3) is 0.267. The molecule has 1 N–H and O–H groups in total. The summed E-state index contributed by atoms with van der Waals surface area (Å²) in [5.41, 5.74) is 3.73. The van der Waals surface area contributed by atoms with Crippen LogP contribution >= 0.6 is 11.6 Å². The molecule has 2 aromatic carbocycles. The van der Waals surface area contributed by atoms with E-state index in [-0.39, 0.29) is 28.6 Å². The van der Waals surface area contributed by atoms with E-state index in [4.69, 9.17) is 21.1 Å². The maximum absolute atomic E-state index is 15.4. The van der Waals surface area contributed by atoms with Crippen LogP contribution in [0.15, 0.2) is 61.2 Å². The monoisotopic (exact) mass is 615 g/mol. The number of halogens is 2. The molecule has 0 spiro atoms. The fourth-order valence-electron chi connectivity index (χ4n) is 6.09.